The molecule has 2 fully saturated rings. The maximum absolute atomic E-state index is 13.6. The summed E-state index contributed by atoms with van der Waals surface area (Å²) in [6.07, 6.45) is 6.99. The summed E-state index contributed by atoms with van der Waals surface area (Å²) in [5.41, 5.74) is 5.07. The van der Waals surface area contributed by atoms with E-state index in [1.165, 1.54) is 43.0 Å². The number of likely N-dealkylation sites (tertiary alicyclic amines) is 1. The summed E-state index contributed by atoms with van der Waals surface area (Å²) in [6.45, 7) is 2.86. The number of aliphatic hydroxyl groups is 1. The number of carbonyl (C=O) groups excluding carboxylic acids is 2. The summed E-state index contributed by atoms with van der Waals surface area (Å²) >= 11 is 0. The summed E-state index contributed by atoms with van der Waals surface area (Å²) in [5.74, 6) is 1.23. The summed E-state index contributed by atoms with van der Waals surface area (Å²) in [7, 11) is 3.00. The average molecular weight is 576 g/mol. The van der Waals surface area contributed by atoms with Gasteiger partial charge in [0.25, 0.3) is 5.91 Å². The van der Waals surface area contributed by atoms with Crippen LogP contribution in [0.3, 0.4) is 0 Å². The van der Waals surface area contributed by atoms with Crippen molar-refractivity contribution in [1.29, 1.82) is 0 Å². The molecule has 42 heavy (non-hydrogen) atoms. The second kappa shape index (κ2) is 12.4. The van der Waals surface area contributed by atoms with Crippen LogP contribution >= 0.6 is 0 Å². The molecule has 9 heteroatoms. The number of rotatable bonds is 7. The van der Waals surface area contributed by atoms with Crippen molar-refractivity contribution in [3.8, 4) is 22.8 Å². The van der Waals surface area contributed by atoms with Gasteiger partial charge in [-0.05, 0) is 61.4 Å². The van der Waals surface area contributed by atoms with Crippen LogP contribution in [0.5, 0.6) is 11.5 Å². The highest BCUT2D eigenvalue weighted by atomic mass is 16.5. The Morgan fingerprint density at radius 3 is 2.55 bits per heavy atom. The van der Waals surface area contributed by atoms with Crippen LogP contribution in [-0.4, -0.2) is 79.1 Å². The lowest BCUT2D eigenvalue weighted by atomic mass is 9.81. The van der Waals surface area contributed by atoms with E-state index in [9.17, 15) is 14.7 Å². The van der Waals surface area contributed by atoms with E-state index < -0.39 is 12.0 Å². The molecule has 9 nitrogen and oxygen atoms in total. The van der Waals surface area contributed by atoms with Crippen molar-refractivity contribution in [1.82, 2.24) is 14.8 Å². The Kier molecular flexibility index (Phi) is 8.40. The number of hydrogen-bond acceptors (Lipinski definition) is 7. The molecule has 6 rings (SSSR count). The molecule has 0 radical (unpaired) electrons. The van der Waals surface area contributed by atoms with Gasteiger partial charge in [0.05, 0.1) is 32.6 Å². The molecule has 1 amide bonds. The first-order chi connectivity index (χ1) is 20.5. The molecule has 1 aromatic heterocycles. The van der Waals surface area contributed by atoms with Gasteiger partial charge in [0.1, 0.15) is 24.1 Å². The van der Waals surface area contributed by atoms with E-state index in [0.29, 0.717) is 57.1 Å². The Labute approximate surface area is 246 Å². The van der Waals surface area contributed by atoms with E-state index in [1.54, 1.807) is 7.11 Å². The Morgan fingerprint density at radius 1 is 1.02 bits per heavy atom. The number of hydrogen-bond donors (Lipinski definition) is 2. The van der Waals surface area contributed by atoms with Gasteiger partial charge in [0, 0.05) is 47.7 Å². The lowest BCUT2D eigenvalue weighted by Gasteiger charge is -2.31. The van der Waals surface area contributed by atoms with Crippen LogP contribution in [0.15, 0.2) is 36.4 Å². The molecule has 2 N–H and O–H groups in total. The molecule has 0 spiro atoms. The molecule has 1 unspecified atom stereocenters. The first kappa shape index (κ1) is 28.6. The van der Waals surface area contributed by atoms with Gasteiger partial charge in [-0.2, -0.15) is 0 Å². The van der Waals surface area contributed by atoms with Crippen LogP contribution in [-0.2, 0) is 16.1 Å². The maximum Gasteiger partial charge on any atom is 0.329 e. The van der Waals surface area contributed by atoms with Gasteiger partial charge in [-0.1, -0.05) is 25.3 Å². The lowest BCUT2D eigenvalue weighted by Crippen LogP contribution is -2.51. The maximum atomic E-state index is 13.6. The third kappa shape index (κ3) is 5.60. The minimum Gasteiger partial charge on any atom is -0.497 e. The molecule has 3 heterocycles. The van der Waals surface area contributed by atoms with Gasteiger partial charge in [0.15, 0.2) is 0 Å². The fourth-order valence-corrected chi connectivity index (χ4v) is 6.96. The fraction of sp³-hybridized carbons (Fsp3) is 0.515. The van der Waals surface area contributed by atoms with Crippen LogP contribution in [0.1, 0.15) is 66.8 Å². The standard InChI is InChI=1S/C33H41N3O6/c1-40-24-9-11-26-29(19-24)42-17-16-36-28-18-22(8-10-25(28)30(31(26)36)21-6-4-3-5-7-21)32(38)34-27(33(39)41-2)20-35-14-12-23(37)13-15-35/h8-11,18-19,21,23,27,37H,3-7,12-17,20H2,1-2H3,(H,34,38). The number of benzene rings is 2. The van der Waals surface area contributed by atoms with E-state index in [2.05, 4.69) is 26.9 Å². The number of nitrogens with zero attached hydrogens (tertiary/aromatic N) is 2. The van der Waals surface area contributed by atoms with Crippen molar-refractivity contribution in [2.45, 2.75) is 69.6 Å². The number of piperidine rings is 1. The van der Waals surface area contributed by atoms with Gasteiger partial charge in [-0.15, -0.1) is 0 Å². The van der Waals surface area contributed by atoms with Crippen molar-refractivity contribution in [2.24, 2.45) is 0 Å². The van der Waals surface area contributed by atoms with Crippen molar-refractivity contribution in [3.63, 3.8) is 0 Å². The number of carbonyl (C=O) groups is 2. The molecule has 1 saturated carbocycles. The summed E-state index contributed by atoms with van der Waals surface area (Å²) in [6, 6.07) is 11.1. The summed E-state index contributed by atoms with van der Waals surface area (Å²) in [5, 5.41) is 14.0. The van der Waals surface area contributed by atoms with E-state index in [1.807, 2.05) is 24.3 Å². The molecule has 1 atom stereocenters. The van der Waals surface area contributed by atoms with Gasteiger partial charge in [-0.25, -0.2) is 4.79 Å². The molecular weight excluding hydrogens is 534 g/mol. The predicted molar refractivity (Wildman–Crippen MR) is 160 cm³/mol. The smallest absolute Gasteiger partial charge is 0.329 e. The van der Waals surface area contributed by atoms with E-state index in [4.69, 9.17) is 14.2 Å². The van der Waals surface area contributed by atoms with Crippen LogP contribution in [0.25, 0.3) is 22.2 Å². The topological polar surface area (TPSA) is 102 Å². The summed E-state index contributed by atoms with van der Waals surface area (Å²) in [4.78, 5) is 28.4. The molecule has 224 valence electrons. The highest BCUT2D eigenvalue weighted by molar-refractivity contribution is 6.02. The number of methoxy groups -OCH3 is 2. The van der Waals surface area contributed by atoms with Gasteiger partial charge >= 0.3 is 5.97 Å². The first-order valence-electron chi connectivity index (χ1n) is 15.2. The van der Waals surface area contributed by atoms with Crippen LogP contribution in [0, 0.1) is 0 Å². The molecular formula is C33H41N3O6. The second-order valence-corrected chi connectivity index (χ2v) is 11.8. The molecule has 3 aromatic rings. The number of esters is 1. The molecule has 3 aliphatic rings. The number of aliphatic hydroxyl groups excluding tert-OH is 1. The van der Waals surface area contributed by atoms with Crippen molar-refractivity contribution in [3.05, 3.63) is 47.5 Å². The van der Waals surface area contributed by atoms with Crippen molar-refractivity contribution < 1.29 is 28.9 Å². The van der Waals surface area contributed by atoms with Crippen molar-refractivity contribution >= 4 is 22.8 Å². The third-order valence-electron chi connectivity index (χ3n) is 9.18. The minimum atomic E-state index is -0.800. The van der Waals surface area contributed by atoms with E-state index in [0.717, 1.165) is 35.4 Å². The Bertz CT molecular complexity index is 1450. The zero-order valence-electron chi connectivity index (χ0n) is 24.6. The highest BCUT2D eigenvalue weighted by Gasteiger charge is 2.31. The van der Waals surface area contributed by atoms with Crippen LogP contribution in [0.4, 0.5) is 0 Å². The summed E-state index contributed by atoms with van der Waals surface area (Å²) < 4.78 is 19.1. The molecule has 2 aliphatic heterocycles. The monoisotopic (exact) mass is 575 g/mol. The zero-order valence-corrected chi connectivity index (χ0v) is 24.6. The van der Waals surface area contributed by atoms with E-state index in [-0.39, 0.29) is 12.0 Å². The normalized spacial score (nSPS) is 18.8. The Balaban J connectivity index is 1.37. The predicted octanol–water partition coefficient (Wildman–Crippen LogP) is 4.49. The Hall–Kier alpha value is -3.56. The number of ether oxygens (including phenoxy) is 3. The number of aromatic nitrogens is 1. The SMILES string of the molecule is COC(=O)C(CN1CCC(O)CC1)NC(=O)c1ccc2c(C3CCCCC3)c3n(c2c1)CCOc1cc(OC)ccc1-3. The number of fused-ring (bicyclic) bond motifs is 5. The lowest BCUT2D eigenvalue weighted by molar-refractivity contribution is -0.143. The minimum absolute atomic E-state index is 0.311. The van der Waals surface area contributed by atoms with Gasteiger partial charge < -0.3 is 34.1 Å². The molecule has 0 bridgehead atoms. The third-order valence-corrected chi connectivity index (χ3v) is 9.18. The largest absolute Gasteiger partial charge is 0.497 e. The number of amides is 1. The average Bonchev–Trinajstić information content (AvgIpc) is 3.22. The molecule has 1 saturated heterocycles. The molecule has 1 aliphatic carbocycles. The Morgan fingerprint density at radius 2 is 1.81 bits per heavy atom. The van der Waals surface area contributed by atoms with Crippen LogP contribution < -0.4 is 14.8 Å². The van der Waals surface area contributed by atoms with Gasteiger partial charge in [-0.3, -0.25) is 4.79 Å². The first-order valence-corrected chi connectivity index (χ1v) is 15.2. The quantitative estimate of drug-likeness (QED) is 0.401. The van der Waals surface area contributed by atoms with Crippen molar-refractivity contribution in [2.75, 3.05) is 40.5 Å². The second-order valence-electron chi connectivity index (χ2n) is 11.8. The zero-order chi connectivity index (χ0) is 29.2. The molecule has 2 aromatic carbocycles. The fourth-order valence-electron chi connectivity index (χ4n) is 6.96. The van der Waals surface area contributed by atoms with Crippen LogP contribution in [0.2, 0.25) is 0 Å². The van der Waals surface area contributed by atoms with E-state index >= 15 is 0 Å². The highest BCUT2D eigenvalue weighted by Crippen LogP contribution is 2.47. The number of nitrogens with one attached hydrogen (secondary N) is 1. The van der Waals surface area contributed by atoms with Gasteiger partial charge in [0.2, 0.25) is 0 Å².